The number of pyridine rings is 2. The molecule has 0 unspecified atom stereocenters. The van der Waals surface area contributed by atoms with Crippen LogP contribution in [-0.4, -0.2) is 66.0 Å². The van der Waals surface area contributed by atoms with Gasteiger partial charge in [0.25, 0.3) is 16.8 Å². The van der Waals surface area contributed by atoms with Crippen molar-refractivity contribution in [3.05, 3.63) is 104 Å². The van der Waals surface area contributed by atoms with Crippen molar-refractivity contribution in [2.75, 3.05) is 26.9 Å². The van der Waals surface area contributed by atoms with Crippen LogP contribution in [0.25, 0.3) is 98.0 Å². The quantitative estimate of drug-likeness (QED) is 0.0785. The molecule has 4 aromatic heterocycles. The molecule has 18 heteroatoms. The molecular weight excluding hydrogens is 773 g/mol. The van der Waals surface area contributed by atoms with Crippen molar-refractivity contribution < 1.29 is 21.8 Å². The molecule has 0 spiro atoms. The lowest BCUT2D eigenvalue weighted by Crippen LogP contribution is -2.22. The summed E-state index contributed by atoms with van der Waals surface area (Å²) in [4.78, 5) is 49.5. The number of aromatic nitrogens is 4. The van der Waals surface area contributed by atoms with Crippen LogP contribution < -0.4 is 21.6 Å². The van der Waals surface area contributed by atoms with Gasteiger partial charge in [-0.1, -0.05) is 24.3 Å². The van der Waals surface area contributed by atoms with E-state index in [1.54, 1.807) is 18.2 Å². The zero-order chi connectivity index (χ0) is 39.8. The molecule has 0 saturated carbocycles. The highest BCUT2D eigenvalue weighted by Crippen LogP contribution is 2.46. The van der Waals surface area contributed by atoms with Crippen molar-refractivity contribution in [3.63, 3.8) is 0 Å². The molecule has 280 valence electrons. The van der Waals surface area contributed by atoms with E-state index in [2.05, 4.69) is 9.71 Å². The lowest BCUT2D eigenvalue weighted by Gasteiger charge is -2.18. The number of nitrogens with two attached hydrogens (primary N) is 1. The number of nitrogens with zero attached hydrogens (tertiary/aromatic N) is 6. The van der Waals surface area contributed by atoms with Gasteiger partial charge in [0.15, 0.2) is 5.52 Å². The van der Waals surface area contributed by atoms with Crippen LogP contribution >= 0.6 is 0 Å². The van der Waals surface area contributed by atoms with Gasteiger partial charge in [0.2, 0.25) is 20.0 Å². The van der Waals surface area contributed by atoms with Crippen LogP contribution in [0.1, 0.15) is 0 Å². The molecule has 11 aromatic rings. The first-order chi connectivity index (χ1) is 27.1. The van der Waals surface area contributed by atoms with Crippen LogP contribution in [0, 0.1) is 10.1 Å². The highest BCUT2D eigenvalue weighted by molar-refractivity contribution is 7.89. The van der Waals surface area contributed by atoms with Gasteiger partial charge < -0.3 is 5.73 Å². The number of nitrogens with one attached hydrogen (secondary N) is 1. The molecule has 0 aliphatic heterocycles. The third-order valence-corrected chi connectivity index (χ3v) is 14.5. The number of nitro benzene ring substituents is 1. The van der Waals surface area contributed by atoms with Crippen molar-refractivity contribution in [3.8, 4) is 0 Å². The zero-order valence-electron chi connectivity index (χ0n) is 29.8. The van der Waals surface area contributed by atoms with Crippen LogP contribution in [0.5, 0.6) is 0 Å². The molecule has 57 heavy (non-hydrogen) atoms. The molecule has 0 aliphatic carbocycles. The first kappa shape index (κ1) is 33.5. The fraction of sp³-hybridized carbons (Fsp3) is 0.0769. The Hall–Kier alpha value is -6.86. The van der Waals surface area contributed by atoms with Gasteiger partial charge in [0.1, 0.15) is 11.3 Å². The lowest BCUT2D eigenvalue weighted by molar-refractivity contribution is -0.383. The minimum absolute atomic E-state index is 0.0210. The van der Waals surface area contributed by atoms with E-state index in [4.69, 9.17) is 10.7 Å². The van der Waals surface area contributed by atoms with Gasteiger partial charge in [-0.15, -0.1) is 0 Å². The largest absolute Gasteiger partial charge is 0.397 e. The Balaban J connectivity index is 1.27. The highest BCUT2D eigenvalue weighted by atomic mass is 32.2. The smallest absolute Gasteiger partial charge is 0.296 e. The lowest BCUT2D eigenvalue weighted by atomic mass is 9.86. The van der Waals surface area contributed by atoms with Crippen LogP contribution in [0.2, 0.25) is 0 Å². The fourth-order valence-corrected chi connectivity index (χ4v) is 10.5. The van der Waals surface area contributed by atoms with E-state index in [1.165, 1.54) is 48.1 Å². The van der Waals surface area contributed by atoms with Crippen molar-refractivity contribution in [2.45, 2.75) is 9.79 Å². The molecule has 0 saturated heterocycles. The van der Waals surface area contributed by atoms with Crippen LogP contribution in [0.3, 0.4) is 0 Å². The Morgan fingerprint density at radius 2 is 1.07 bits per heavy atom. The number of nitrogen functional groups attached to an aromatic ring is 1. The summed E-state index contributed by atoms with van der Waals surface area (Å²) >= 11 is 0. The Labute approximate surface area is 318 Å². The fourth-order valence-electron chi connectivity index (χ4n) is 8.76. The average Bonchev–Trinajstić information content (AvgIpc) is 3.78. The van der Waals surface area contributed by atoms with Gasteiger partial charge in [-0.2, -0.15) is 0 Å². The molecule has 4 heterocycles. The number of hydrogen-bond donors (Lipinski definition) is 2. The molecule has 7 aromatic carbocycles. The SMILES string of the molecule is CNS(=O)(=O)c1cc(N)c2c(c1)nc1c3ccc4c5ccc6c(=O)n7c(nc8cc(S(=O)(=O)N(C)C)cc([N+](=O)[O-])c87)c7ccc(c8ccc(c(=O)n12)c3c48)c5c67. The standard InChI is InChI=1S/C39H24N8O8S2/c1-41-56(52,53)16-12-26(40)34-27(13-16)42-36-22-8-4-18-21-7-11-25-33-23(9-5-19(31(21)33)20-6-10-24(32(22)30(18)20)38(48)45(34)36)37-43-28-14-17(57(54,55)44(2)3)15-29(47(50)51)35(28)46(37)39(25)49/h4-15,41H,40H2,1-3H3. The number of non-ortho nitro benzene ring substituents is 1. The average molecular weight is 797 g/mol. The Morgan fingerprint density at radius 1 is 0.649 bits per heavy atom. The van der Waals surface area contributed by atoms with Crippen LogP contribution in [-0.2, 0) is 20.0 Å². The van der Waals surface area contributed by atoms with Crippen molar-refractivity contribution >= 4 is 129 Å². The number of sulfonamides is 2. The molecule has 3 N–H and O–H groups in total. The third kappa shape index (κ3) is 3.96. The van der Waals surface area contributed by atoms with Gasteiger partial charge >= 0.3 is 0 Å². The van der Waals surface area contributed by atoms with Gasteiger partial charge in [0, 0.05) is 52.5 Å². The molecule has 0 radical (unpaired) electrons. The number of nitro groups is 1. The molecule has 16 nitrogen and oxygen atoms in total. The number of rotatable bonds is 5. The van der Waals surface area contributed by atoms with E-state index in [1.807, 2.05) is 30.3 Å². The van der Waals surface area contributed by atoms with Crippen molar-refractivity contribution in [2.24, 2.45) is 0 Å². The topological polar surface area (TPSA) is 221 Å². The van der Waals surface area contributed by atoms with Crippen LogP contribution in [0.4, 0.5) is 11.4 Å². The summed E-state index contributed by atoms with van der Waals surface area (Å²) in [6.45, 7) is 0. The number of hydrogen-bond acceptors (Lipinski definition) is 11. The van der Waals surface area contributed by atoms with E-state index < -0.39 is 36.2 Å². The molecule has 0 fully saturated rings. The Bertz CT molecular complexity index is 4050. The summed E-state index contributed by atoms with van der Waals surface area (Å²) in [7, 11) is -4.03. The highest BCUT2D eigenvalue weighted by Gasteiger charge is 2.30. The second kappa shape index (κ2) is 10.5. The molecule has 0 bridgehead atoms. The second-order valence-corrected chi connectivity index (χ2v) is 18.3. The molecular formula is C39H24N8O8S2. The van der Waals surface area contributed by atoms with Crippen molar-refractivity contribution in [1.82, 2.24) is 27.8 Å². The third-order valence-electron chi connectivity index (χ3n) is 11.3. The summed E-state index contributed by atoms with van der Waals surface area (Å²) in [6.07, 6.45) is 0. The maximum absolute atomic E-state index is 14.5. The predicted molar refractivity (Wildman–Crippen MR) is 218 cm³/mol. The Kier molecular flexibility index (Phi) is 6.17. The van der Waals surface area contributed by atoms with Gasteiger partial charge in [0.05, 0.1) is 37.0 Å². The number of fused-ring (bicyclic) bond motifs is 10. The maximum atomic E-state index is 14.5. The summed E-state index contributed by atoms with van der Waals surface area (Å²) in [6, 6.07) is 19.4. The van der Waals surface area contributed by atoms with Crippen LogP contribution in [0.15, 0.2) is 92.2 Å². The molecule has 0 aliphatic rings. The van der Waals surface area contributed by atoms with E-state index in [9.17, 15) is 36.5 Å². The Morgan fingerprint density at radius 3 is 1.54 bits per heavy atom. The first-order valence-corrected chi connectivity index (χ1v) is 20.3. The van der Waals surface area contributed by atoms with E-state index in [0.29, 0.717) is 38.1 Å². The predicted octanol–water partition coefficient (Wildman–Crippen LogP) is 4.89. The monoisotopic (exact) mass is 796 g/mol. The van der Waals surface area contributed by atoms with Gasteiger partial charge in [-0.3, -0.25) is 28.5 Å². The summed E-state index contributed by atoms with van der Waals surface area (Å²) in [5, 5.41) is 20.2. The number of imidazole rings is 2. The number of benzene rings is 7. The molecule has 0 atom stereocenters. The number of anilines is 1. The van der Waals surface area contributed by atoms with Crippen molar-refractivity contribution in [1.29, 1.82) is 0 Å². The second-order valence-electron chi connectivity index (χ2n) is 14.2. The van der Waals surface area contributed by atoms with E-state index in [0.717, 1.165) is 42.7 Å². The summed E-state index contributed by atoms with van der Waals surface area (Å²) in [5.41, 5.74) is 5.82. The minimum Gasteiger partial charge on any atom is -0.397 e. The maximum Gasteiger partial charge on any atom is 0.296 e. The minimum atomic E-state index is -4.09. The van der Waals surface area contributed by atoms with Gasteiger partial charge in [-0.05, 0) is 81.8 Å². The van der Waals surface area contributed by atoms with Gasteiger partial charge in [-0.25, -0.2) is 35.8 Å². The zero-order valence-corrected chi connectivity index (χ0v) is 31.4. The molecule has 11 rings (SSSR count). The summed E-state index contributed by atoms with van der Waals surface area (Å²) in [5.74, 6) is 0. The summed E-state index contributed by atoms with van der Waals surface area (Å²) < 4.78 is 57.4. The first-order valence-electron chi connectivity index (χ1n) is 17.3. The molecule has 0 amide bonds. The van der Waals surface area contributed by atoms with E-state index >= 15 is 0 Å². The normalized spacial score (nSPS) is 13.3. The van der Waals surface area contributed by atoms with E-state index in [-0.39, 0.29) is 48.6 Å².